The number of hydrogen-bond acceptors (Lipinski definition) is 4. The van der Waals surface area contributed by atoms with Crippen LogP contribution in [0.1, 0.15) is 5.89 Å². The van der Waals surface area contributed by atoms with Crippen LogP contribution in [-0.2, 0) is 11.3 Å². The van der Waals surface area contributed by atoms with E-state index >= 15 is 0 Å². The van der Waals surface area contributed by atoms with Crippen LogP contribution in [-0.4, -0.2) is 25.2 Å². The third-order valence-electron chi connectivity index (χ3n) is 2.52. The van der Waals surface area contributed by atoms with Crippen LogP contribution in [0.15, 0.2) is 28.8 Å². The summed E-state index contributed by atoms with van der Waals surface area (Å²) in [6.07, 6.45) is 1.67. The molecule has 1 aromatic heterocycles. The molecule has 0 aliphatic carbocycles. The summed E-state index contributed by atoms with van der Waals surface area (Å²) in [7, 11) is 1.66. The van der Waals surface area contributed by atoms with Gasteiger partial charge in [-0.1, -0.05) is 23.2 Å². The van der Waals surface area contributed by atoms with Crippen LogP contribution in [0.25, 0.3) is 11.3 Å². The van der Waals surface area contributed by atoms with Crippen molar-refractivity contribution in [3.63, 3.8) is 0 Å². The molecule has 2 aromatic rings. The van der Waals surface area contributed by atoms with E-state index in [2.05, 4.69) is 10.3 Å². The van der Waals surface area contributed by atoms with Gasteiger partial charge in [0.25, 0.3) is 0 Å². The summed E-state index contributed by atoms with van der Waals surface area (Å²) >= 11 is 11.8. The van der Waals surface area contributed by atoms with Crippen molar-refractivity contribution in [3.05, 3.63) is 40.3 Å². The smallest absolute Gasteiger partial charge is 0.208 e. The maximum absolute atomic E-state index is 5.97. The van der Waals surface area contributed by atoms with E-state index in [0.717, 1.165) is 12.1 Å². The molecule has 0 amide bonds. The minimum atomic E-state index is 0.496. The second kappa shape index (κ2) is 6.91. The summed E-state index contributed by atoms with van der Waals surface area (Å²) < 4.78 is 10.6. The van der Waals surface area contributed by atoms with E-state index in [1.54, 1.807) is 25.4 Å². The molecule has 1 aromatic carbocycles. The molecule has 0 aliphatic rings. The quantitative estimate of drug-likeness (QED) is 0.831. The van der Waals surface area contributed by atoms with Gasteiger partial charge in [0.1, 0.15) is 0 Å². The molecule has 0 bridgehead atoms. The highest BCUT2D eigenvalue weighted by atomic mass is 35.5. The zero-order valence-corrected chi connectivity index (χ0v) is 12.0. The van der Waals surface area contributed by atoms with E-state index in [0.29, 0.717) is 34.8 Å². The van der Waals surface area contributed by atoms with E-state index in [9.17, 15) is 0 Å². The zero-order chi connectivity index (χ0) is 13.7. The van der Waals surface area contributed by atoms with Gasteiger partial charge in [-0.25, -0.2) is 4.98 Å². The molecule has 0 spiro atoms. The molecule has 0 aliphatic heterocycles. The largest absolute Gasteiger partial charge is 0.439 e. The molecule has 4 nitrogen and oxygen atoms in total. The lowest BCUT2D eigenvalue weighted by Gasteiger charge is -2.01. The summed E-state index contributed by atoms with van der Waals surface area (Å²) in [5.41, 5.74) is 0.852. The number of aromatic nitrogens is 1. The highest BCUT2D eigenvalue weighted by molar-refractivity contribution is 6.42. The van der Waals surface area contributed by atoms with Gasteiger partial charge in [-0.15, -0.1) is 0 Å². The lowest BCUT2D eigenvalue weighted by molar-refractivity contribution is 0.198. The molecule has 0 radical (unpaired) electrons. The molecule has 19 heavy (non-hydrogen) atoms. The Bertz CT molecular complexity index is 543. The van der Waals surface area contributed by atoms with Crippen molar-refractivity contribution in [1.82, 2.24) is 10.3 Å². The first-order chi connectivity index (χ1) is 9.20. The van der Waals surface area contributed by atoms with E-state index in [1.165, 1.54) is 0 Å². The maximum Gasteiger partial charge on any atom is 0.208 e. The van der Waals surface area contributed by atoms with Crippen molar-refractivity contribution in [2.75, 3.05) is 20.3 Å². The lowest BCUT2D eigenvalue weighted by Crippen LogP contribution is -2.18. The Kier molecular flexibility index (Phi) is 5.22. The maximum atomic E-state index is 5.97. The normalized spacial score (nSPS) is 10.9. The first kappa shape index (κ1) is 14.3. The molecule has 0 saturated carbocycles. The minimum absolute atomic E-state index is 0.496. The number of oxazole rings is 1. The number of nitrogens with zero attached hydrogens (tertiary/aromatic N) is 1. The van der Waals surface area contributed by atoms with Crippen LogP contribution >= 0.6 is 23.2 Å². The van der Waals surface area contributed by atoms with Crippen molar-refractivity contribution in [2.45, 2.75) is 6.54 Å². The average Bonchev–Trinajstić information content (AvgIpc) is 2.87. The fraction of sp³-hybridized carbons (Fsp3) is 0.308. The first-order valence-corrected chi connectivity index (χ1v) is 6.56. The van der Waals surface area contributed by atoms with Gasteiger partial charge in [0.2, 0.25) is 5.89 Å². The van der Waals surface area contributed by atoms with Crippen LogP contribution in [0.5, 0.6) is 0 Å². The number of halogens is 2. The molecule has 0 atom stereocenters. The van der Waals surface area contributed by atoms with Gasteiger partial charge in [0.15, 0.2) is 5.76 Å². The molecular formula is C13H14Cl2N2O2. The van der Waals surface area contributed by atoms with Gasteiger partial charge in [0.05, 0.1) is 29.4 Å². The third kappa shape index (κ3) is 3.94. The summed E-state index contributed by atoms with van der Waals surface area (Å²) in [5, 5.41) is 4.17. The number of ether oxygens (including phenoxy) is 1. The molecular weight excluding hydrogens is 287 g/mol. The van der Waals surface area contributed by atoms with E-state index in [1.807, 2.05) is 6.07 Å². The van der Waals surface area contributed by atoms with E-state index in [4.69, 9.17) is 32.4 Å². The van der Waals surface area contributed by atoms with Crippen LogP contribution in [0.4, 0.5) is 0 Å². The second-order valence-corrected chi connectivity index (χ2v) is 4.73. The van der Waals surface area contributed by atoms with Gasteiger partial charge in [-0.05, 0) is 18.2 Å². The number of methoxy groups -OCH3 is 1. The van der Waals surface area contributed by atoms with E-state index < -0.39 is 0 Å². The SMILES string of the molecule is COCCNCc1ncc(-c2ccc(Cl)c(Cl)c2)o1. The lowest BCUT2D eigenvalue weighted by atomic mass is 10.2. The second-order valence-electron chi connectivity index (χ2n) is 3.92. The Balaban J connectivity index is 2.01. The Labute approximate surface area is 121 Å². The minimum Gasteiger partial charge on any atom is -0.439 e. The number of rotatable bonds is 6. The summed E-state index contributed by atoms with van der Waals surface area (Å²) in [6, 6.07) is 5.33. The van der Waals surface area contributed by atoms with Crippen molar-refractivity contribution >= 4 is 23.2 Å². The van der Waals surface area contributed by atoms with E-state index in [-0.39, 0.29) is 0 Å². The Morgan fingerprint density at radius 3 is 2.89 bits per heavy atom. The summed E-state index contributed by atoms with van der Waals surface area (Å²) in [5.74, 6) is 1.29. The molecule has 102 valence electrons. The van der Waals surface area contributed by atoms with Gasteiger partial charge >= 0.3 is 0 Å². The Morgan fingerprint density at radius 2 is 2.16 bits per heavy atom. The molecule has 6 heteroatoms. The monoisotopic (exact) mass is 300 g/mol. The summed E-state index contributed by atoms with van der Waals surface area (Å²) in [4.78, 5) is 4.20. The average molecular weight is 301 g/mol. The summed E-state index contributed by atoms with van der Waals surface area (Å²) in [6.45, 7) is 1.96. The molecule has 0 saturated heterocycles. The van der Waals surface area contributed by atoms with Gasteiger partial charge in [0, 0.05) is 19.2 Å². The van der Waals surface area contributed by atoms with Crippen molar-refractivity contribution in [3.8, 4) is 11.3 Å². The predicted molar refractivity (Wildman–Crippen MR) is 75.5 cm³/mol. The van der Waals surface area contributed by atoms with Gasteiger partial charge in [-0.2, -0.15) is 0 Å². The standard InChI is InChI=1S/C13H14Cl2N2O2/c1-18-5-4-16-8-13-17-7-12(19-13)9-2-3-10(14)11(15)6-9/h2-3,6-7,16H,4-5,8H2,1H3. The zero-order valence-electron chi connectivity index (χ0n) is 10.5. The molecule has 0 unspecified atom stereocenters. The highest BCUT2D eigenvalue weighted by Gasteiger charge is 2.08. The third-order valence-corrected chi connectivity index (χ3v) is 3.26. The van der Waals surface area contributed by atoms with Crippen molar-refractivity contribution in [1.29, 1.82) is 0 Å². The van der Waals surface area contributed by atoms with Crippen LogP contribution in [0.3, 0.4) is 0 Å². The van der Waals surface area contributed by atoms with Gasteiger partial charge in [-0.3, -0.25) is 0 Å². The number of nitrogens with one attached hydrogen (secondary N) is 1. The fourth-order valence-corrected chi connectivity index (χ4v) is 1.84. The predicted octanol–water partition coefficient (Wildman–Crippen LogP) is 3.38. The Morgan fingerprint density at radius 1 is 1.32 bits per heavy atom. The van der Waals surface area contributed by atoms with Crippen molar-refractivity contribution < 1.29 is 9.15 Å². The highest BCUT2D eigenvalue weighted by Crippen LogP contribution is 2.28. The molecule has 2 rings (SSSR count). The topological polar surface area (TPSA) is 47.3 Å². The van der Waals surface area contributed by atoms with Crippen molar-refractivity contribution in [2.24, 2.45) is 0 Å². The fourth-order valence-electron chi connectivity index (χ4n) is 1.54. The van der Waals surface area contributed by atoms with Crippen LogP contribution in [0.2, 0.25) is 10.0 Å². The molecule has 0 fully saturated rings. The van der Waals surface area contributed by atoms with Crippen LogP contribution < -0.4 is 5.32 Å². The number of benzene rings is 1. The molecule has 1 heterocycles. The number of hydrogen-bond donors (Lipinski definition) is 1. The van der Waals surface area contributed by atoms with Crippen LogP contribution in [0, 0.1) is 0 Å². The van der Waals surface area contributed by atoms with Gasteiger partial charge < -0.3 is 14.5 Å². The first-order valence-electron chi connectivity index (χ1n) is 5.80. The Hall–Kier alpha value is -1.07. The molecule has 1 N–H and O–H groups in total.